The van der Waals surface area contributed by atoms with Gasteiger partial charge in [-0.2, -0.15) is 13.2 Å². The number of anilines is 1. The molecule has 2 rings (SSSR count). The lowest BCUT2D eigenvalue weighted by molar-refractivity contribution is -0.151. The van der Waals surface area contributed by atoms with E-state index in [0.29, 0.717) is 8.95 Å². The lowest BCUT2D eigenvalue weighted by Crippen LogP contribution is -2.39. The van der Waals surface area contributed by atoms with Crippen LogP contribution >= 0.6 is 31.9 Å². The Morgan fingerprint density at radius 3 is 2.38 bits per heavy atom. The van der Waals surface area contributed by atoms with Gasteiger partial charge in [0, 0.05) is 10.7 Å². The van der Waals surface area contributed by atoms with E-state index in [1.54, 1.807) is 6.07 Å². The van der Waals surface area contributed by atoms with E-state index in [4.69, 9.17) is 0 Å². The normalized spacial score (nSPS) is 18.3. The third-order valence-electron chi connectivity index (χ3n) is 2.46. The quantitative estimate of drug-likeness (QED) is 0.859. The number of hydrogen-bond donors (Lipinski definition) is 1. The highest BCUT2D eigenvalue weighted by atomic mass is 79.9. The summed E-state index contributed by atoms with van der Waals surface area (Å²) in [5.74, 6) is 0.220. The Balaban J connectivity index is 2.22. The Morgan fingerprint density at radius 1 is 1.31 bits per heavy atom. The minimum Gasteiger partial charge on any atom is -0.355 e. The molecule has 0 radical (unpaired) electrons. The number of nitrogens with zero attached hydrogens (tertiary/aromatic N) is 1. The number of alkyl halides is 3. The van der Waals surface area contributed by atoms with Crippen LogP contribution in [-0.4, -0.2) is 16.7 Å². The van der Waals surface area contributed by atoms with Crippen LogP contribution in [0.3, 0.4) is 0 Å². The summed E-state index contributed by atoms with van der Waals surface area (Å²) in [4.78, 5) is 3.91. The largest absolute Gasteiger partial charge is 0.411 e. The molecule has 7 heteroatoms. The van der Waals surface area contributed by atoms with Gasteiger partial charge in [-0.05, 0) is 50.8 Å². The van der Waals surface area contributed by atoms with Gasteiger partial charge < -0.3 is 5.32 Å². The van der Waals surface area contributed by atoms with E-state index in [1.165, 1.54) is 6.20 Å². The lowest BCUT2D eigenvalue weighted by atomic mass is 10.2. The number of pyridine rings is 1. The predicted octanol–water partition coefficient (Wildman–Crippen LogP) is 4.11. The van der Waals surface area contributed by atoms with Gasteiger partial charge in [0.1, 0.15) is 11.4 Å². The monoisotopic (exact) mass is 358 g/mol. The molecule has 0 aliphatic heterocycles. The van der Waals surface area contributed by atoms with E-state index in [9.17, 15) is 13.2 Å². The number of aromatic nitrogens is 1. The van der Waals surface area contributed by atoms with Crippen LogP contribution in [-0.2, 0) is 0 Å². The summed E-state index contributed by atoms with van der Waals surface area (Å²) in [5.41, 5.74) is -1.78. The summed E-state index contributed by atoms with van der Waals surface area (Å²) < 4.78 is 39.3. The Hall–Kier alpha value is -0.300. The van der Waals surface area contributed by atoms with Crippen LogP contribution in [0.25, 0.3) is 0 Å². The van der Waals surface area contributed by atoms with Crippen molar-refractivity contribution in [2.45, 2.75) is 24.6 Å². The van der Waals surface area contributed by atoms with E-state index in [2.05, 4.69) is 42.2 Å². The zero-order valence-electron chi connectivity index (χ0n) is 7.91. The highest BCUT2D eigenvalue weighted by Gasteiger charge is 2.63. The van der Waals surface area contributed by atoms with E-state index in [1.807, 2.05) is 0 Å². The van der Waals surface area contributed by atoms with Crippen molar-refractivity contribution in [1.29, 1.82) is 0 Å². The number of rotatable bonds is 2. The number of halogens is 5. The molecule has 1 N–H and O–H groups in total. The molecular formula is C9H7Br2F3N2. The van der Waals surface area contributed by atoms with Crippen LogP contribution < -0.4 is 5.32 Å². The molecule has 0 unspecified atom stereocenters. The Morgan fingerprint density at radius 2 is 1.94 bits per heavy atom. The van der Waals surface area contributed by atoms with Crippen molar-refractivity contribution in [3.05, 3.63) is 21.2 Å². The summed E-state index contributed by atoms with van der Waals surface area (Å²) in [6.45, 7) is 0. The van der Waals surface area contributed by atoms with E-state index >= 15 is 0 Å². The number of nitrogens with one attached hydrogen (secondary N) is 1. The topological polar surface area (TPSA) is 24.9 Å². The van der Waals surface area contributed by atoms with Gasteiger partial charge in [-0.3, -0.25) is 0 Å². The fourth-order valence-electron chi connectivity index (χ4n) is 1.34. The van der Waals surface area contributed by atoms with Gasteiger partial charge in [-0.1, -0.05) is 0 Å². The summed E-state index contributed by atoms with van der Waals surface area (Å²) in [6, 6.07) is 1.65. The molecule has 0 saturated heterocycles. The molecule has 88 valence electrons. The second kappa shape index (κ2) is 3.87. The Labute approximate surface area is 107 Å². The van der Waals surface area contributed by atoms with Crippen LogP contribution in [0, 0.1) is 0 Å². The fraction of sp³-hybridized carbons (Fsp3) is 0.444. The summed E-state index contributed by atoms with van der Waals surface area (Å²) >= 11 is 6.36. The van der Waals surface area contributed by atoms with E-state index in [-0.39, 0.29) is 18.7 Å². The molecule has 1 saturated carbocycles. The predicted molar refractivity (Wildman–Crippen MR) is 61.3 cm³/mol. The van der Waals surface area contributed by atoms with Crippen molar-refractivity contribution in [2.24, 2.45) is 0 Å². The Kier molecular flexibility index (Phi) is 2.94. The minimum absolute atomic E-state index is 0.0979. The summed E-state index contributed by atoms with van der Waals surface area (Å²) in [6.07, 6.45) is -2.58. The molecule has 1 aromatic rings. The third-order valence-corrected chi connectivity index (χ3v) is 3.50. The molecule has 1 aliphatic carbocycles. The minimum atomic E-state index is -4.23. The molecule has 1 aromatic heterocycles. The molecule has 16 heavy (non-hydrogen) atoms. The zero-order valence-corrected chi connectivity index (χ0v) is 11.1. The van der Waals surface area contributed by atoms with E-state index < -0.39 is 11.7 Å². The maximum atomic E-state index is 12.7. The molecular weight excluding hydrogens is 353 g/mol. The van der Waals surface area contributed by atoms with Crippen molar-refractivity contribution in [3.63, 3.8) is 0 Å². The van der Waals surface area contributed by atoms with Gasteiger partial charge in [0.15, 0.2) is 0 Å². The highest BCUT2D eigenvalue weighted by molar-refractivity contribution is 9.11. The van der Waals surface area contributed by atoms with Gasteiger partial charge in [0.25, 0.3) is 0 Å². The van der Waals surface area contributed by atoms with E-state index in [0.717, 1.165) is 0 Å². The van der Waals surface area contributed by atoms with Crippen molar-refractivity contribution >= 4 is 37.7 Å². The third kappa shape index (κ3) is 2.20. The van der Waals surface area contributed by atoms with Gasteiger partial charge in [0.2, 0.25) is 0 Å². The van der Waals surface area contributed by atoms with Crippen molar-refractivity contribution in [3.8, 4) is 0 Å². The maximum Gasteiger partial charge on any atom is 0.411 e. The molecule has 1 fully saturated rings. The first-order valence-electron chi connectivity index (χ1n) is 4.50. The molecule has 0 bridgehead atoms. The number of hydrogen-bond acceptors (Lipinski definition) is 2. The van der Waals surface area contributed by atoms with Crippen molar-refractivity contribution < 1.29 is 13.2 Å². The van der Waals surface area contributed by atoms with Gasteiger partial charge in [0.05, 0.1) is 4.47 Å². The molecule has 0 spiro atoms. The molecule has 1 aliphatic rings. The van der Waals surface area contributed by atoms with Crippen molar-refractivity contribution in [1.82, 2.24) is 4.98 Å². The maximum absolute atomic E-state index is 12.7. The Bertz CT molecular complexity index is 416. The van der Waals surface area contributed by atoms with Crippen LogP contribution in [0.4, 0.5) is 19.0 Å². The highest BCUT2D eigenvalue weighted by Crippen LogP contribution is 2.51. The summed E-state index contributed by atoms with van der Waals surface area (Å²) in [7, 11) is 0. The van der Waals surface area contributed by atoms with Gasteiger partial charge >= 0.3 is 6.18 Å². The molecule has 2 nitrogen and oxygen atoms in total. The first kappa shape index (κ1) is 12.2. The average molecular weight is 360 g/mol. The average Bonchev–Trinajstić information content (AvgIpc) is 2.90. The van der Waals surface area contributed by atoms with Crippen molar-refractivity contribution in [2.75, 3.05) is 5.32 Å². The van der Waals surface area contributed by atoms with Crippen LogP contribution in [0.1, 0.15) is 12.8 Å². The van der Waals surface area contributed by atoms with Gasteiger partial charge in [-0.15, -0.1) is 0 Å². The summed E-state index contributed by atoms with van der Waals surface area (Å²) in [5, 5.41) is 2.46. The second-order valence-corrected chi connectivity index (χ2v) is 5.46. The van der Waals surface area contributed by atoms with Crippen LogP contribution in [0.5, 0.6) is 0 Å². The molecule has 1 heterocycles. The smallest absolute Gasteiger partial charge is 0.355 e. The second-order valence-electron chi connectivity index (χ2n) is 3.69. The molecule has 0 atom stereocenters. The zero-order chi connectivity index (χ0) is 12.0. The first-order valence-corrected chi connectivity index (χ1v) is 6.09. The molecule has 0 aromatic carbocycles. The standard InChI is InChI=1S/C9H7Br2F3N2/c10-5-3-6(11)7(15-4-5)16-8(1-2-8)9(12,13)14/h3-4H,1-2H2,(H,15,16). The van der Waals surface area contributed by atoms with Gasteiger partial charge in [-0.25, -0.2) is 4.98 Å². The lowest BCUT2D eigenvalue weighted by Gasteiger charge is -2.21. The first-order chi connectivity index (χ1) is 7.34. The van der Waals surface area contributed by atoms with Crippen LogP contribution in [0.2, 0.25) is 0 Å². The fourth-order valence-corrected chi connectivity index (χ4v) is 2.42. The van der Waals surface area contributed by atoms with Crippen LogP contribution in [0.15, 0.2) is 21.2 Å². The SMILES string of the molecule is FC(F)(F)C1(Nc2ncc(Br)cc2Br)CC1. The molecule has 0 amide bonds.